The molecule has 2 aromatic carbocycles. The second-order valence-electron chi connectivity index (χ2n) is 7.42. The van der Waals surface area contributed by atoms with Crippen molar-refractivity contribution in [2.45, 2.75) is 65.6 Å². The van der Waals surface area contributed by atoms with Gasteiger partial charge in [-0.3, -0.25) is 0 Å². The van der Waals surface area contributed by atoms with Gasteiger partial charge >= 0.3 is 0 Å². The number of halogens is 1. The normalized spacial score (nSPS) is 11.4. The number of hydrogen-bond acceptors (Lipinski definition) is 5. The van der Waals surface area contributed by atoms with E-state index in [0.29, 0.717) is 0 Å². The van der Waals surface area contributed by atoms with Gasteiger partial charge in [0.2, 0.25) is 5.96 Å². The van der Waals surface area contributed by atoms with Crippen molar-refractivity contribution in [1.82, 2.24) is 10.9 Å². The van der Waals surface area contributed by atoms with Crippen LogP contribution in [0, 0.1) is 0 Å². The second-order valence-corrected chi connectivity index (χ2v) is 7.59. The Morgan fingerprint density at radius 2 is 1.09 bits per heavy atom. The van der Waals surface area contributed by atoms with Gasteiger partial charge in [0, 0.05) is 11.8 Å². The fraction of sp³-hybridized carbons (Fsp3) is 0.400. The number of rotatable bonds is 12. The van der Waals surface area contributed by atoms with Crippen LogP contribution in [0.2, 0.25) is 0 Å². The highest BCUT2D eigenvalue weighted by Crippen LogP contribution is 2.16. The first kappa shape index (κ1) is 26.2. The van der Waals surface area contributed by atoms with Gasteiger partial charge in [-0.15, -0.1) is 4.51 Å². The molecule has 7 nitrogen and oxygen atoms in total. The fourth-order valence-corrected chi connectivity index (χ4v) is 3.03. The third kappa shape index (κ3) is 9.53. The maximum absolute atomic E-state index is 5.91. The molecule has 0 unspecified atom stereocenters. The Labute approximate surface area is 202 Å². The second kappa shape index (κ2) is 14.9. The summed E-state index contributed by atoms with van der Waals surface area (Å²) in [5.74, 6) is 1.90. The molecule has 0 saturated heterocycles. The molecular formula is C25H34ClN5O2. The molecule has 0 aliphatic heterocycles. The minimum atomic E-state index is 0.201. The van der Waals surface area contributed by atoms with Gasteiger partial charge in [0.1, 0.15) is 11.5 Å². The molecule has 0 bridgehead atoms. The first-order valence-electron chi connectivity index (χ1n) is 11.4. The van der Waals surface area contributed by atoms with E-state index in [0.717, 1.165) is 48.3 Å². The Kier molecular flexibility index (Phi) is 11.8. The number of nitrogens with one attached hydrogen (secondary N) is 2. The van der Waals surface area contributed by atoms with Crippen LogP contribution in [-0.4, -0.2) is 30.6 Å². The molecule has 0 amide bonds. The molecule has 33 heavy (non-hydrogen) atoms. The number of hydrazone groups is 2. The monoisotopic (exact) mass is 471 g/mol. The van der Waals surface area contributed by atoms with Gasteiger partial charge in [0.05, 0.1) is 24.6 Å². The van der Waals surface area contributed by atoms with Crippen LogP contribution < -0.4 is 20.3 Å². The van der Waals surface area contributed by atoms with E-state index in [9.17, 15) is 0 Å². The average molecular weight is 472 g/mol. The third-order valence-corrected chi connectivity index (χ3v) is 5.21. The largest absolute Gasteiger partial charge is 0.490 e. The predicted molar refractivity (Wildman–Crippen MR) is 138 cm³/mol. The smallest absolute Gasteiger partial charge is 0.250 e. The van der Waals surface area contributed by atoms with E-state index in [1.165, 1.54) is 0 Å². The molecule has 0 radical (unpaired) electrons. The van der Waals surface area contributed by atoms with Crippen LogP contribution >= 0.6 is 11.8 Å². The quantitative estimate of drug-likeness (QED) is 0.230. The first-order valence-corrected chi connectivity index (χ1v) is 11.8. The van der Waals surface area contributed by atoms with Crippen LogP contribution in [0.1, 0.15) is 64.5 Å². The van der Waals surface area contributed by atoms with E-state index in [1.807, 2.05) is 48.5 Å². The Hall–Kier alpha value is -3.06. The molecule has 0 spiro atoms. The Balaban J connectivity index is 1.82. The van der Waals surface area contributed by atoms with Gasteiger partial charge in [0.15, 0.2) is 0 Å². The predicted octanol–water partition coefficient (Wildman–Crippen LogP) is 5.88. The van der Waals surface area contributed by atoms with Crippen LogP contribution in [0.25, 0.3) is 0 Å². The summed E-state index contributed by atoms with van der Waals surface area (Å²) >= 11 is 5.61. The van der Waals surface area contributed by atoms with Gasteiger partial charge in [-0.25, -0.2) is 10.9 Å². The van der Waals surface area contributed by atoms with E-state index in [1.54, 1.807) is 12.4 Å². The SMILES string of the molecule is CCC(CC)Oc1ccc(/C=N/NC(=NCl)N/N=C/c2ccc(OC(CC)CC)cc2)cc1. The molecule has 0 saturated carbocycles. The number of hydrogen-bond donors (Lipinski definition) is 2. The summed E-state index contributed by atoms with van der Waals surface area (Å²) in [6.07, 6.45) is 7.73. The number of nitrogens with zero attached hydrogens (tertiary/aromatic N) is 3. The molecule has 0 atom stereocenters. The molecule has 0 aliphatic rings. The van der Waals surface area contributed by atoms with Crippen molar-refractivity contribution in [2.24, 2.45) is 14.7 Å². The van der Waals surface area contributed by atoms with E-state index in [4.69, 9.17) is 21.3 Å². The fourth-order valence-electron chi connectivity index (χ4n) is 2.96. The maximum Gasteiger partial charge on any atom is 0.250 e. The van der Waals surface area contributed by atoms with Crippen LogP contribution in [-0.2, 0) is 0 Å². The molecule has 0 fully saturated rings. The highest BCUT2D eigenvalue weighted by atomic mass is 35.5. The molecule has 8 heteroatoms. The van der Waals surface area contributed by atoms with Gasteiger partial charge in [0.25, 0.3) is 0 Å². The van der Waals surface area contributed by atoms with Gasteiger partial charge < -0.3 is 9.47 Å². The highest BCUT2D eigenvalue weighted by molar-refractivity contribution is 6.19. The van der Waals surface area contributed by atoms with E-state index < -0.39 is 0 Å². The van der Waals surface area contributed by atoms with Crippen molar-refractivity contribution >= 4 is 30.2 Å². The Morgan fingerprint density at radius 1 is 0.727 bits per heavy atom. The van der Waals surface area contributed by atoms with E-state index >= 15 is 0 Å². The van der Waals surface area contributed by atoms with E-state index in [2.05, 4.69) is 53.3 Å². The summed E-state index contributed by atoms with van der Waals surface area (Å²) in [5.41, 5.74) is 7.27. The van der Waals surface area contributed by atoms with Crippen molar-refractivity contribution in [2.75, 3.05) is 0 Å². The highest BCUT2D eigenvalue weighted by Gasteiger charge is 2.05. The maximum atomic E-state index is 5.91. The zero-order chi connectivity index (χ0) is 23.9. The van der Waals surface area contributed by atoms with Gasteiger partial charge in [-0.05, 0) is 85.3 Å². The van der Waals surface area contributed by atoms with Crippen molar-refractivity contribution in [3.05, 3.63) is 59.7 Å². The van der Waals surface area contributed by atoms with Gasteiger partial charge in [-0.2, -0.15) is 10.2 Å². The lowest BCUT2D eigenvalue weighted by molar-refractivity contribution is 0.192. The summed E-state index contributed by atoms with van der Waals surface area (Å²) in [5, 5.41) is 8.27. The lowest BCUT2D eigenvalue weighted by Crippen LogP contribution is -2.30. The van der Waals surface area contributed by atoms with Crippen LogP contribution in [0.4, 0.5) is 0 Å². The minimum Gasteiger partial charge on any atom is -0.490 e. The Morgan fingerprint density at radius 3 is 1.39 bits per heavy atom. The third-order valence-electron chi connectivity index (χ3n) is 5.04. The average Bonchev–Trinajstić information content (AvgIpc) is 2.86. The number of guanidine groups is 1. The molecular weight excluding hydrogens is 438 g/mol. The van der Waals surface area contributed by atoms with Gasteiger partial charge in [-0.1, -0.05) is 27.7 Å². The minimum absolute atomic E-state index is 0.201. The van der Waals surface area contributed by atoms with Crippen LogP contribution in [0.15, 0.2) is 63.2 Å². The zero-order valence-electron chi connectivity index (χ0n) is 19.8. The number of ether oxygens (including phenoxy) is 2. The summed E-state index contributed by atoms with van der Waals surface area (Å²) in [7, 11) is 0. The molecule has 2 N–H and O–H groups in total. The first-order chi connectivity index (χ1) is 16.1. The van der Waals surface area contributed by atoms with Crippen LogP contribution in [0.3, 0.4) is 0 Å². The molecule has 0 aliphatic carbocycles. The summed E-state index contributed by atoms with van der Waals surface area (Å²) in [4.78, 5) is 0. The topological polar surface area (TPSA) is 79.6 Å². The Bertz CT molecular complexity index is 819. The molecule has 178 valence electrons. The van der Waals surface area contributed by atoms with Crippen molar-refractivity contribution in [1.29, 1.82) is 0 Å². The van der Waals surface area contributed by atoms with E-state index in [-0.39, 0.29) is 18.2 Å². The standard InChI is InChI=1S/C25H34ClN5O2/c1-5-21(6-2)32-23-13-9-19(10-14-23)17-27-30-25(29-26)31-28-18-20-11-15-24(16-12-20)33-22(7-3)8-4/h9-18,21-22H,5-8H2,1-4H3,(H2,29,30,31)/b27-17+,28-18+. The van der Waals surface area contributed by atoms with Crippen LogP contribution in [0.5, 0.6) is 11.5 Å². The van der Waals surface area contributed by atoms with Crippen molar-refractivity contribution in [3.63, 3.8) is 0 Å². The van der Waals surface area contributed by atoms with Crippen molar-refractivity contribution in [3.8, 4) is 11.5 Å². The summed E-state index contributed by atoms with van der Waals surface area (Å²) in [6.45, 7) is 8.48. The number of benzene rings is 2. The van der Waals surface area contributed by atoms with Crippen molar-refractivity contribution < 1.29 is 9.47 Å². The lowest BCUT2D eigenvalue weighted by Gasteiger charge is -2.15. The summed E-state index contributed by atoms with van der Waals surface area (Å²) in [6, 6.07) is 15.5. The lowest BCUT2D eigenvalue weighted by atomic mass is 10.2. The molecule has 0 heterocycles. The molecule has 2 aromatic rings. The molecule has 0 aromatic heterocycles. The summed E-state index contributed by atoms with van der Waals surface area (Å²) < 4.78 is 15.4. The molecule has 2 rings (SSSR count). The zero-order valence-corrected chi connectivity index (χ0v) is 20.5.